The molecule has 0 bridgehead atoms. The van der Waals surface area contributed by atoms with E-state index in [2.05, 4.69) is 13.2 Å². The molecule has 0 spiro atoms. The minimum Gasteiger partial charge on any atom is -0.491 e. The first-order chi connectivity index (χ1) is 24.6. The van der Waals surface area contributed by atoms with Gasteiger partial charge in [-0.05, 0) is 61.1 Å². The number of benzene rings is 3. The Hall–Kier alpha value is -4.48. The Morgan fingerprint density at radius 3 is 1.20 bits per heavy atom. The van der Waals surface area contributed by atoms with Gasteiger partial charge in [-0.15, -0.1) is 0 Å². The summed E-state index contributed by atoms with van der Waals surface area (Å²) in [4.78, 5) is 23.3. The lowest BCUT2D eigenvalue weighted by Gasteiger charge is -2.17. The topological polar surface area (TPSA) is 108 Å². The molecule has 0 aromatic heterocycles. The maximum atomic E-state index is 11.7. The highest BCUT2D eigenvalue weighted by Crippen LogP contribution is 2.20. The van der Waals surface area contributed by atoms with Crippen LogP contribution in [-0.2, 0) is 38.0 Å². The minimum absolute atomic E-state index is 0.282. The molecule has 0 aliphatic heterocycles. The van der Waals surface area contributed by atoms with E-state index in [1.165, 1.54) is 0 Å². The molecule has 0 aliphatic rings. The molecule has 10 heteroatoms. The second kappa shape index (κ2) is 25.5. The first kappa shape index (κ1) is 40.0. The van der Waals surface area contributed by atoms with Crippen molar-refractivity contribution in [1.82, 2.24) is 0 Å². The van der Waals surface area contributed by atoms with Crippen molar-refractivity contribution in [2.75, 3.05) is 66.1 Å². The third kappa shape index (κ3) is 17.3. The Labute approximate surface area is 295 Å². The molecule has 50 heavy (non-hydrogen) atoms. The summed E-state index contributed by atoms with van der Waals surface area (Å²) in [6, 6.07) is 26.5. The molecule has 0 saturated heterocycles. The van der Waals surface area contributed by atoms with Gasteiger partial charge in [0, 0.05) is 38.6 Å². The summed E-state index contributed by atoms with van der Waals surface area (Å²) < 4.78 is 45.2. The summed E-state index contributed by atoms with van der Waals surface area (Å²) in [7, 11) is 0. The minimum atomic E-state index is -0.475. The fourth-order valence-corrected chi connectivity index (χ4v) is 4.58. The number of hydrogen-bond acceptors (Lipinski definition) is 10. The molecule has 3 rings (SSSR count). The van der Waals surface area contributed by atoms with Crippen molar-refractivity contribution >= 4 is 11.9 Å². The quantitative estimate of drug-likeness (QED) is 0.0449. The van der Waals surface area contributed by atoms with Crippen LogP contribution in [0.3, 0.4) is 0 Å². The highest BCUT2D eigenvalue weighted by molar-refractivity contribution is 5.81. The normalized spacial score (nSPS) is 12.0. The van der Waals surface area contributed by atoms with E-state index in [9.17, 15) is 9.59 Å². The van der Waals surface area contributed by atoms with Crippen LogP contribution < -0.4 is 9.47 Å². The van der Waals surface area contributed by atoms with Gasteiger partial charge >= 0.3 is 11.9 Å². The predicted octanol–water partition coefficient (Wildman–Crippen LogP) is 7.01. The molecule has 0 aliphatic carbocycles. The molecule has 2 unspecified atom stereocenters. The van der Waals surface area contributed by atoms with Crippen LogP contribution >= 0.6 is 0 Å². The lowest BCUT2D eigenvalue weighted by Crippen LogP contribution is -2.16. The summed E-state index contributed by atoms with van der Waals surface area (Å²) in [5.74, 6) is 0.535. The average Bonchev–Trinajstić information content (AvgIpc) is 3.16. The van der Waals surface area contributed by atoms with Crippen LogP contribution in [0.5, 0.6) is 11.5 Å². The second-order valence-corrected chi connectivity index (χ2v) is 11.0. The van der Waals surface area contributed by atoms with Gasteiger partial charge in [-0.2, -0.15) is 0 Å². The Bertz CT molecular complexity index is 1240. The highest BCUT2D eigenvalue weighted by atomic mass is 16.6. The Kier molecular flexibility index (Phi) is 20.4. The van der Waals surface area contributed by atoms with Crippen LogP contribution in [0.4, 0.5) is 0 Å². The summed E-state index contributed by atoms with van der Waals surface area (Å²) >= 11 is 0. The smallest absolute Gasteiger partial charge is 0.330 e. The first-order valence-corrected chi connectivity index (χ1v) is 17.0. The highest BCUT2D eigenvalue weighted by Gasteiger charge is 2.16. The van der Waals surface area contributed by atoms with Gasteiger partial charge in [0.25, 0.3) is 0 Å². The second-order valence-electron chi connectivity index (χ2n) is 11.0. The average molecular weight is 691 g/mol. The molecule has 0 N–H and O–H groups in total. The molecule has 0 fully saturated rings. The molecule has 0 heterocycles. The SMILES string of the molecule is C=CC(=O)OC(COCCCCOCCOc1ccc(OCCOCCCCOCC(OC(=O)C=C)c2ccccc2)cc1)c1ccccc1. The van der Waals surface area contributed by atoms with Gasteiger partial charge in [-0.25, -0.2) is 9.59 Å². The Balaban J connectivity index is 1.13. The van der Waals surface area contributed by atoms with Crippen LogP contribution in [0.15, 0.2) is 110 Å². The molecule has 0 saturated carbocycles. The number of esters is 2. The van der Waals surface area contributed by atoms with Crippen molar-refractivity contribution in [3.05, 3.63) is 121 Å². The first-order valence-electron chi connectivity index (χ1n) is 17.0. The van der Waals surface area contributed by atoms with Gasteiger partial charge in [-0.1, -0.05) is 73.8 Å². The molecule has 2 atom stereocenters. The summed E-state index contributed by atoms with van der Waals surface area (Å²) in [5.41, 5.74) is 1.76. The fraction of sp³-hybridized carbons (Fsp3) is 0.400. The summed E-state index contributed by atoms with van der Waals surface area (Å²) in [5, 5.41) is 0. The van der Waals surface area contributed by atoms with Crippen LogP contribution in [0.1, 0.15) is 49.0 Å². The van der Waals surface area contributed by atoms with E-state index < -0.39 is 24.1 Å². The number of unbranched alkanes of at least 4 members (excludes halogenated alkanes) is 2. The Morgan fingerprint density at radius 2 is 0.840 bits per heavy atom. The van der Waals surface area contributed by atoms with Gasteiger partial charge in [-0.3, -0.25) is 0 Å². The monoisotopic (exact) mass is 690 g/mol. The standard InChI is InChI=1S/C40H50O10/c1-3-39(41)49-37(33-15-7-5-8-16-33)31-45-25-13-11-23-43-27-29-47-35-19-21-36(22-20-35)48-30-28-44-24-12-14-26-46-32-38(50-40(42)4-2)34-17-9-6-10-18-34/h3-10,15-22,37-38H,1-2,11-14,23-32H2. The maximum absolute atomic E-state index is 11.7. The van der Waals surface area contributed by atoms with E-state index in [0.717, 1.165) is 60.5 Å². The van der Waals surface area contributed by atoms with Crippen LogP contribution in [-0.4, -0.2) is 78.0 Å². The van der Waals surface area contributed by atoms with Crippen molar-refractivity contribution in [2.24, 2.45) is 0 Å². The van der Waals surface area contributed by atoms with Crippen molar-refractivity contribution < 1.29 is 47.5 Å². The van der Waals surface area contributed by atoms with E-state index in [0.29, 0.717) is 52.9 Å². The number of hydrogen-bond donors (Lipinski definition) is 0. The lowest BCUT2D eigenvalue weighted by atomic mass is 10.1. The van der Waals surface area contributed by atoms with Gasteiger partial charge in [0.1, 0.15) is 24.7 Å². The fourth-order valence-electron chi connectivity index (χ4n) is 4.58. The molecule has 3 aromatic rings. The zero-order valence-electron chi connectivity index (χ0n) is 28.8. The van der Waals surface area contributed by atoms with Crippen molar-refractivity contribution in [3.8, 4) is 11.5 Å². The summed E-state index contributed by atoms with van der Waals surface area (Å²) in [6.45, 7) is 11.6. The molecule has 10 nitrogen and oxygen atoms in total. The van der Waals surface area contributed by atoms with Gasteiger partial charge < -0.3 is 37.9 Å². The van der Waals surface area contributed by atoms with Gasteiger partial charge in [0.2, 0.25) is 0 Å². The number of rotatable bonds is 28. The third-order valence-electron chi connectivity index (χ3n) is 7.20. The molecular formula is C40H50O10. The van der Waals surface area contributed by atoms with Crippen molar-refractivity contribution in [1.29, 1.82) is 0 Å². The van der Waals surface area contributed by atoms with E-state index in [1.807, 2.05) is 84.9 Å². The summed E-state index contributed by atoms with van der Waals surface area (Å²) in [6.07, 6.45) is 4.71. The molecule has 0 amide bonds. The van der Waals surface area contributed by atoms with Gasteiger partial charge in [0.15, 0.2) is 12.2 Å². The maximum Gasteiger partial charge on any atom is 0.330 e. The van der Waals surface area contributed by atoms with E-state index >= 15 is 0 Å². The molecule has 0 radical (unpaired) electrons. The van der Waals surface area contributed by atoms with Crippen LogP contribution in [0, 0.1) is 0 Å². The van der Waals surface area contributed by atoms with E-state index in [1.54, 1.807) is 0 Å². The van der Waals surface area contributed by atoms with Gasteiger partial charge in [0.05, 0.1) is 26.4 Å². The van der Waals surface area contributed by atoms with Crippen LogP contribution in [0.25, 0.3) is 0 Å². The largest absolute Gasteiger partial charge is 0.491 e. The van der Waals surface area contributed by atoms with E-state index in [-0.39, 0.29) is 13.2 Å². The zero-order chi connectivity index (χ0) is 35.5. The number of carbonyl (C=O) groups excluding carboxylic acids is 2. The van der Waals surface area contributed by atoms with E-state index in [4.69, 9.17) is 37.9 Å². The molecule has 270 valence electrons. The number of carbonyl (C=O) groups is 2. The third-order valence-corrected chi connectivity index (χ3v) is 7.20. The molecular weight excluding hydrogens is 640 g/mol. The van der Waals surface area contributed by atoms with Crippen molar-refractivity contribution in [3.63, 3.8) is 0 Å². The van der Waals surface area contributed by atoms with Crippen molar-refractivity contribution in [2.45, 2.75) is 37.9 Å². The lowest BCUT2D eigenvalue weighted by molar-refractivity contribution is -0.147. The predicted molar refractivity (Wildman–Crippen MR) is 190 cm³/mol. The molecule has 3 aromatic carbocycles. The van der Waals surface area contributed by atoms with Crippen LogP contribution in [0.2, 0.25) is 0 Å². The zero-order valence-corrected chi connectivity index (χ0v) is 28.8. The Morgan fingerprint density at radius 1 is 0.480 bits per heavy atom. The number of ether oxygens (including phenoxy) is 8.